The van der Waals surface area contributed by atoms with Crippen molar-refractivity contribution in [2.45, 2.75) is 44.1 Å². The largest absolute Gasteiger partial charge is 0.494 e. The Hall–Kier alpha value is -3.32. The summed E-state index contributed by atoms with van der Waals surface area (Å²) in [6, 6.07) is 14.1. The van der Waals surface area contributed by atoms with Crippen molar-refractivity contribution in [3.05, 3.63) is 59.9 Å². The van der Waals surface area contributed by atoms with Crippen LogP contribution in [0.1, 0.15) is 43.5 Å². The second kappa shape index (κ2) is 9.97. The van der Waals surface area contributed by atoms with Gasteiger partial charge in [-0.2, -0.15) is 0 Å². The van der Waals surface area contributed by atoms with Crippen LogP contribution < -0.4 is 9.47 Å². The monoisotopic (exact) mass is 489 g/mol. The number of hydrogen-bond donors (Lipinski definition) is 2. The molecular weight excluding hydrogens is 454 g/mol. The summed E-state index contributed by atoms with van der Waals surface area (Å²) in [7, 11) is 5.08. The van der Waals surface area contributed by atoms with Gasteiger partial charge in [0.1, 0.15) is 28.4 Å². The van der Waals surface area contributed by atoms with Gasteiger partial charge in [-0.3, -0.25) is 4.79 Å². The number of H-pyrrole nitrogens is 1. The number of imidazole rings is 1. The molecule has 0 radical (unpaired) electrons. The molecule has 0 aliphatic heterocycles. The van der Waals surface area contributed by atoms with Crippen LogP contribution in [0.25, 0.3) is 16.6 Å². The lowest BCUT2D eigenvalue weighted by Crippen LogP contribution is -2.49. The summed E-state index contributed by atoms with van der Waals surface area (Å²) >= 11 is 0. The fraction of sp³-hybridized carbons (Fsp3) is 0.448. The molecule has 3 atom stereocenters. The molecule has 3 aliphatic carbocycles. The minimum absolute atomic E-state index is 0.00680. The first kappa shape index (κ1) is 24.4. The molecule has 2 N–H and O–H groups in total. The molecule has 1 fully saturated rings. The number of amides is 1. The van der Waals surface area contributed by atoms with E-state index in [9.17, 15) is 9.90 Å². The van der Waals surface area contributed by atoms with Gasteiger partial charge in [-0.1, -0.05) is 36.4 Å². The highest BCUT2D eigenvalue weighted by atomic mass is 16.5. The highest BCUT2D eigenvalue weighted by Gasteiger charge is 2.47. The van der Waals surface area contributed by atoms with Crippen LogP contribution in [-0.2, 0) is 11.2 Å². The lowest BCUT2D eigenvalue weighted by Gasteiger charge is -2.47. The van der Waals surface area contributed by atoms with Gasteiger partial charge in [-0.25, -0.2) is 4.98 Å². The summed E-state index contributed by atoms with van der Waals surface area (Å²) < 4.78 is 10.9. The second-order valence-electron chi connectivity index (χ2n) is 10.1. The Morgan fingerprint density at radius 3 is 2.58 bits per heavy atom. The van der Waals surface area contributed by atoms with Crippen molar-refractivity contribution in [1.29, 1.82) is 0 Å². The summed E-state index contributed by atoms with van der Waals surface area (Å²) in [6.45, 7) is 0.597. The van der Waals surface area contributed by atoms with E-state index in [1.54, 1.807) is 19.1 Å². The maximum absolute atomic E-state index is 13.1. The molecule has 0 saturated heterocycles. The predicted molar refractivity (Wildman–Crippen MR) is 140 cm³/mol. The number of ether oxygens (including phenoxy) is 2. The fourth-order valence-electron chi connectivity index (χ4n) is 5.90. The second-order valence-corrected chi connectivity index (χ2v) is 10.1. The number of benzene rings is 2. The Balaban J connectivity index is 1.19. The zero-order valence-electron chi connectivity index (χ0n) is 21.3. The molecule has 2 aromatic carbocycles. The third-order valence-corrected chi connectivity index (χ3v) is 7.89. The zero-order chi connectivity index (χ0) is 25.3. The molecule has 36 heavy (non-hydrogen) atoms. The molecule has 0 unspecified atom stereocenters. The quantitative estimate of drug-likeness (QED) is 0.459. The van der Waals surface area contributed by atoms with E-state index in [2.05, 4.69) is 40.3 Å². The number of allylic oxidation sites excluding steroid dienone is 1. The van der Waals surface area contributed by atoms with Gasteiger partial charge >= 0.3 is 0 Å². The molecule has 1 saturated carbocycles. The molecule has 1 aromatic heterocycles. The van der Waals surface area contributed by atoms with Crippen LogP contribution in [0.5, 0.6) is 11.5 Å². The number of carbonyl (C=O) groups is 1. The average Bonchev–Trinajstić information content (AvgIpc) is 3.32. The Morgan fingerprint density at radius 2 is 1.89 bits per heavy atom. The van der Waals surface area contributed by atoms with Crippen molar-refractivity contribution >= 4 is 22.5 Å². The molecule has 3 aromatic rings. The number of aromatic amines is 1. The standard InChI is InChI=1S/C29H35N3O4/c1-32(15-7-10-25-30-27-23(35-2)13-14-24(36-3)28(27)31-25)26(33)18-29(34)17-20-11-12-21(29)16-22(20)19-8-5-4-6-9-19/h4-6,8-9,13-14,16,20-21,34H,7,10-12,15,17-18H2,1-3H3,(H,30,31)/t20-,21-,29-/m1/s1. The molecule has 1 amide bonds. The summed E-state index contributed by atoms with van der Waals surface area (Å²) in [5.74, 6) is 2.57. The van der Waals surface area contributed by atoms with E-state index in [0.717, 1.165) is 41.9 Å². The van der Waals surface area contributed by atoms with Crippen molar-refractivity contribution in [2.24, 2.45) is 11.8 Å². The number of nitrogens with one attached hydrogen (secondary N) is 1. The average molecular weight is 490 g/mol. The highest BCUT2D eigenvalue weighted by molar-refractivity contribution is 5.87. The van der Waals surface area contributed by atoms with Crippen molar-refractivity contribution in [3.63, 3.8) is 0 Å². The molecule has 6 rings (SSSR count). The van der Waals surface area contributed by atoms with Crippen LogP contribution >= 0.6 is 0 Å². The van der Waals surface area contributed by atoms with E-state index in [0.29, 0.717) is 31.1 Å². The third kappa shape index (κ3) is 4.60. The predicted octanol–water partition coefficient (Wildman–Crippen LogP) is 4.61. The molecule has 1 heterocycles. The molecule has 7 heteroatoms. The molecule has 0 spiro atoms. The van der Waals surface area contributed by atoms with Gasteiger partial charge in [-0.15, -0.1) is 0 Å². The van der Waals surface area contributed by atoms with E-state index in [1.807, 2.05) is 25.2 Å². The minimum Gasteiger partial charge on any atom is -0.494 e. The van der Waals surface area contributed by atoms with Gasteiger partial charge in [-0.05, 0) is 54.9 Å². The summed E-state index contributed by atoms with van der Waals surface area (Å²) in [5, 5.41) is 11.5. The number of nitrogens with zero attached hydrogens (tertiary/aromatic N) is 2. The first-order chi connectivity index (χ1) is 17.4. The van der Waals surface area contributed by atoms with Crippen LogP contribution in [0.2, 0.25) is 0 Å². The highest BCUT2D eigenvalue weighted by Crippen LogP contribution is 2.51. The lowest BCUT2D eigenvalue weighted by atomic mass is 9.61. The van der Waals surface area contributed by atoms with E-state index < -0.39 is 5.60 Å². The normalized spacial score (nSPS) is 22.9. The SMILES string of the molecule is COc1ccc(OC)c2[nH]c(CCCN(C)C(=O)C[C@]3(O)C[C@H]4CC[C@@H]3C=C4c3ccccc3)nc12. The van der Waals surface area contributed by atoms with Crippen LogP contribution in [0, 0.1) is 11.8 Å². The van der Waals surface area contributed by atoms with Crippen molar-refractivity contribution in [2.75, 3.05) is 27.8 Å². The van der Waals surface area contributed by atoms with Crippen LogP contribution in [0.15, 0.2) is 48.5 Å². The van der Waals surface area contributed by atoms with Gasteiger partial charge in [0.15, 0.2) is 0 Å². The topological polar surface area (TPSA) is 87.7 Å². The smallest absolute Gasteiger partial charge is 0.225 e. The van der Waals surface area contributed by atoms with Crippen molar-refractivity contribution in [3.8, 4) is 11.5 Å². The van der Waals surface area contributed by atoms with Gasteiger partial charge in [0.2, 0.25) is 5.91 Å². The Morgan fingerprint density at radius 1 is 1.14 bits per heavy atom. The summed E-state index contributed by atoms with van der Waals surface area (Å²) in [6.07, 6.45) is 6.51. The molecular formula is C29H35N3O4. The van der Waals surface area contributed by atoms with Gasteiger partial charge < -0.3 is 24.5 Å². The van der Waals surface area contributed by atoms with E-state index in [4.69, 9.17) is 9.47 Å². The van der Waals surface area contributed by atoms with E-state index in [-0.39, 0.29) is 18.2 Å². The Bertz CT molecular complexity index is 1230. The van der Waals surface area contributed by atoms with Crippen LogP contribution in [0.3, 0.4) is 0 Å². The summed E-state index contributed by atoms with van der Waals surface area (Å²) in [4.78, 5) is 22.8. The minimum atomic E-state index is -0.960. The third-order valence-electron chi connectivity index (χ3n) is 7.89. The zero-order valence-corrected chi connectivity index (χ0v) is 21.3. The first-order valence-electron chi connectivity index (χ1n) is 12.7. The van der Waals surface area contributed by atoms with Crippen LogP contribution in [-0.4, -0.2) is 59.3 Å². The number of aryl methyl sites for hydroxylation is 1. The first-order valence-corrected chi connectivity index (χ1v) is 12.7. The van der Waals surface area contributed by atoms with Crippen molar-refractivity contribution < 1.29 is 19.4 Å². The van der Waals surface area contributed by atoms with Gasteiger partial charge in [0, 0.05) is 25.9 Å². The number of methoxy groups -OCH3 is 2. The molecule has 190 valence electrons. The fourth-order valence-corrected chi connectivity index (χ4v) is 5.90. The Kier molecular flexibility index (Phi) is 6.75. The summed E-state index contributed by atoms with van der Waals surface area (Å²) in [5.41, 5.74) is 3.16. The van der Waals surface area contributed by atoms with E-state index in [1.165, 1.54) is 11.1 Å². The number of fused-ring (bicyclic) bond motifs is 3. The number of rotatable bonds is 9. The number of aromatic nitrogens is 2. The van der Waals surface area contributed by atoms with Crippen molar-refractivity contribution in [1.82, 2.24) is 14.9 Å². The number of hydrogen-bond acceptors (Lipinski definition) is 5. The Labute approximate surface area is 212 Å². The maximum Gasteiger partial charge on any atom is 0.225 e. The molecule has 3 aliphatic rings. The molecule has 7 nitrogen and oxygen atoms in total. The van der Waals surface area contributed by atoms with E-state index >= 15 is 0 Å². The van der Waals surface area contributed by atoms with Gasteiger partial charge in [0.25, 0.3) is 0 Å². The maximum atomic E-state index is 13.1. The van der Waals surface area contributed by atoms with Gasteiger partial charge in [0.05, 0.1) is 26.2 Å². The number of carbonyl (C=O) groups excluding carboxylic acids is 1. The number of aliphatic hydroxyl groups is 1. The molecule has 2 bridgehead atoms. The lowest BCUT2D eigenvalue weighted by molar-refractivity contribution is -0.139. The van der Waals surface area contributed by atoms with Crippen LogP contribution in [0.4, 0.5) is 0 Å².